The molecule has 0 aliphatic carbocycles. The van der Waals surface area contributed by atoms with Gasteiger partial charge in [0.15, 0.2) is 0 Å². The molecule has 3 nitrogen and oxygen atoms in total. The molecule has 1 heterocycles. The average Bonchev–Trinajstić information content (AvgIpc) is 2.70. The third-order valence-electron chi connectivity index (χ3n) is 3.58. The summed E-state index contributed by atoms with van der Waals surface area (Å²) >= 11 is 12.0. The molecule has 1 aromatic rings. The fourth-order valence-corrected chi connectivity index (χ4v) is 2.78. The van der Waals surface area contributed by atoms with E-state index >= 15 is 0 Å². The maximum atomic E-state index is 12.0. The summed E-state index contributed by atoms with van der Waals surface area (Å²) in [6, 6.07) is 5.24. The molecule has 1 aliphatic rings. The maximum Gasteiger partial charge on any atom is 0.225 e. The van der Waals surface area contributed by atoms with Crippen LogP contribution in [0.25, 0.3) is 0 Å². The molecule has 2 rings (SSSR count). The van der Waals surface area contributed by atoms with Crippen LogP contribution in [-0.4, -0.2) is 30.4 Å². The van der Waals surface area contributed by atoms with Gasteiger partial charge in [-0.3, -0.25) is 4.79 Å². The summed E-state index contributed by atoms with van der Waals surface area (Å²) in [6.07, 6.45) is 5.58. The molecule has 1 saturated heterocycles. The average molecular weight is 315 g/mol. The molecule has 5 heteroatoms. The van der Waals surface area contributed by atoms with Crippen molar-refractivity contribution in [3.63, 3.8) is 0 Å². The van der Waals surface area contributed by atoms with Gasteiger partial charge in [-0.1, -0.05) is 42.1 Å². The first kappa shape index (κ1) is 15.6. The minimum atomic E-state index is -0.0154. The van der Waals surface area contributed by atoms with E-state index in [1.165, 1.54) is 25.7 Å². The predicted molar refractivity (Wildman–Crippen MR) is 84.6 cm³/mol. The van der Waals surface area contributed by atoms with Crippen LogP contribution >= 0.6 is 23.2 Å². The number of likely N-dealkylation sites (tertiary alicyclic amines) is 1. The molecule has 1 N–H and O–H groups in total. The highest BCUT2D eigenvalue weighted by Crippen LogP contribution is 2.29. The van der Waals surface area contributed by atoms with Gasteiger partial charge in [0.2, 0.25) is 5.91 Å². The van der Waals surface area contributed by atoms with Crippen LogP contribution in [0.1, 0.15) is 32.1 Å². The second-order valence-electron chi connectivity index (χ2n) is 5.16. The van der Waals surface area contributed by atoms with Gasteiger partial charge < -0.3 is 10.2 Å². The third kappa shape index (κ3) is 4.65. The molecule has 1 amide bonds. The minimum Gasteiger partial charge on any atom is -0.325 e. The van der Waals surface area contributed by atoms with E-state index in [4.69, 9.17) is 23.2 Å². The van der Waals surface area contributed by atoms with E-state index in [0.29, 0.717) is 22.2 Å². The molecular weight excluding hydrogens is 295 g/mol. The van der Waals surface area contributed by atoms with Gasteiger partial charge in [-0.2, -0.15) is 0 Å². The van der Waals surface area contributed by atoms with E-state index in [1.54, 1.807) is 18.2 Å². The molecule has 0 radical (unpaired) electrons. The van der Waals surface area contributed by atoms with Gasteiger partial charge in [-0.25, -0.2) is 0 Å². The number of amides is 1. The lowest BCUT2D eigenvalue weighted by atomic mass is 10.2. The van der Waals surface area contributed by atoms with Gasteiger partial charge in [-0.15, -0.1) is 0 Å². The van der Waals surface area contributed by atoms with Crippen LogP contribution in [0.3, 0.4) is 0 Å². The molecule has 1 aliphatic heterocycles. The van der Waals surface area contributed by atoms with Crippen molar-refractivity contribution >= 4 is 34.8 Å². The van der Waals surface area contributed by atoms with E-state index in [0.717, 1.165) is 19.6 Å². The molecule has 0 bridgehead atoms. The zero-order valence-electron chi connectivity index (χ0n) is 11.5. The molecule has 110 valence electrons. The van der Waals surface area contributed by atoms with Crippen LogP contribution in [0.2, 0.25) is 10.0 Å². The Morgan fingerprint density at radius 2 is 1.85 bits per heavy atom. The highest BCUT2D eigenvalue weighted by molar-refractivity contribution is 6.43. The van der Waals surface area contributed by atoms with Crippen LogP contribution in [0.15, 0.2) is 18.2 Å². The quantitative estimate of drug-likeness (QED) is 0.903. The second-order valence-corrected chi connectivity index (χ2v) is 5.94. The summed E-state index contributed by atoms with van der Waals surface area (Å²) in [5.41, 5.74) is 0.583. The zero-order valence-corrected chi connectivity index (χ0v) is 13.0. The summed E-state index contributed by atoms with van der Waals surface area (Å²) in [6.45, 7) is 3.01. The normalized spacial score (nSPS) is 16.7. The first-order valence-electron chi connectivity index (χ1n) is 7.13. The molecule has 0 atom stereocenters. The predicted octanol–water partition coefficient (Wildman–Crippen LogP) is 4.20. The van der Waals surface area contributed by atoms with Gasteiger partial charge in [0.25, 0.3) is 0 Å². The second kappa shape index (κ2) is 7.87. The molecule has 0 saturated carbocycles. The summed E-state index contributed by atoms with van der Waals surface area (Å²) in [5.74, 6) is -0.0154. The largest absolute Gasteiger partial charge is 0.325 e. The van der Waals surface area contributed by atoms with E-state index in [-0.39, 0.29) is 5.91 Å². The number of anilines is 1. The Balaban J connectivity index is 1.81. The third-order valence-corrected chi connectivity index (χ3v) is 4.40. The number of hydrogen-bond acceptors (Lipinski definition) is 2. The van der Waals surface area contributed by atoms with Gasteiger partial charge >= 0.3 is 0 Å². The number of hydrogen-bond donors (Lipinski definition) is 1. The van der Waals surface area contributed by atoms with E-state index < -0.39 is 0 Å². The lowest BCUT2D eigenvalue weighted by Crippen LogP contribution is -2.28. The Morgan fingerprint density at radius 1 is 1.15 bits per heavy atom. The number of carbonyl (C=O) groups excluding carboxylic acids is 1. The number of nitrogens with one attached hydrogen (secondary N) is 1. The summed E-state index contributed by atoms with van der Waals surface area (Å²) < 4.78 is 0. The highest BCUT2D eigenvalue weighted by Gasteiger charge is 2.12. The molecule has 1 fully saturated rings. The topological polar surface area (TPSA) is 32.3 Å². The monoisotopic (exact) mass is 314 g/mol. The van der Waals surface area contributed by atoms with E-state index in [1.807, 2.05) is 0 Å². The number of nitrogens with zero attached hydrogens (tertiary/aromatic N) is 1. The van der Waals surface area contributed by atoms with Gasteiger partial charge in [0, 0.05) is 13.0 Å². The Bertz CT molecular complexity index is 457. The van der Waals surface area contributed by atoms with Crippen LogP contribution in [0, 0.1) is 0 Å². The lowest BCUT2D eigenvalue weighted by molar-refractivity contribution is -0.116. The van der Waals surface area contributed by atoms with E-state index in [9.17, 15) is 4.79 Å². The summed E-state index contributed by atoms with van der Waals surface area (Å²) in [4.78, 5) is 14.3. The summed E-state index contributed by atoms with van der Waals surface area (Å²) in [7, 11) is 0. The standard InChI is InChI=1S/C15H20Cl2N2O/c16-12-6-5-7-13(15(12)17)18-14(20)8-11-19-9-3-1-2-4-10-19/h5-7H,1-4,8-11H2,(H,18,20). The van der Waals surface area contributed by atoms with Gasteiger partial charge in [0.05, 0.1) is 15.7 Å². The number of rotatable bonds is 4. The molecular formula is C15H20Cl2N2O. The zero-order chi connectivity index (χ0) is 14.4. The van der Waals surface area contributed by atoms with Gasteiger partial charge in [-0.05, 0) is 38.1 Å². The number of carbonyl (C=O) groups is 1. The van der Waals surface area contributed by atoms with Crippen molar-refractivity contribution in [2.24, 2.45) is 0 Å². The van der Waals surface area contributed by atoms with Crippen molar-refractivity contribution in [2.75, 3.05) is 25.0 Å². The molecule has 1 aromatic carbocycles. The minimum absolute atomic E-state index is 0.0154. The van der Waals surface area contributed by atoms with Crippen molar-refractivity contribution in [3.05, 3.63) is 28.2 Å². The smallest absolute Gasteiger partial charge is 0.225 e. The van der Waals surface area contributed by atoms with Crippen LogP contribution in [0.4, 0.5) is 5.69 Å². The van der Waals surface area contributed by atoms with Crippen LogP contribution in [0.5, 0.6) is 0 Å². The fraction of sp³-hybridized carbons (Fsp3) is 0.533. The van der Waals surface area contributed by atoms with Crippen LogP contribution in [-0.2, 0) is 4.79 Å². The molecule has 0 spiro atoms. The van der Waals surface area contributed by atoms with E-state index in [2.05, 4.69) is 10.2 Å². The Hall–Kier alpha value is -0.770. The van der Waals surface area contributed by atoms with Crippen molar-refractivity contribution in [1.29, 1.82) is 0 Å². The van der Waals surface area contributed by atoms with Crippen LogP contribution < -0.4 is 5.32 Å². The fourth-order valence-electron chi connectivity index (χ4n) is 2.43. The Kier molecular flexibility index (Phi) is 6.14. The van der Waals surface area contributed by atoms with Crippen molar-refractivity contribution in [3.8, 4) is 0 Å². The molecule has 0 aromatic heterocycles. The Morgan fingerprint density at radius 3 is 2.55 bits per heavy atom. The highest BCUT2D eigenvalue weighted by atomic mass is 35.5. The lowest BCUT2D eigenvalue weighted by Gasteiger charge is -2.19. The molecule has 0 unspecified atom stereocenters. The van der Waals surface area contributed by atoms with Gasteiger partial charge in [0.1, 0.15) is 0 Å². The van der Waals surface area contributed by atoms with Crippen molar-refractivity contribution in [1.82, 2.24) is 4.90 Å². The first-order chi connectivity index (χ1) is 9.66. The summed E-state index contributed by atoms with van der Waals surface area (Å²) in [5, 5.41) is 3.68. The SMILES string of the molecule is O=C(CCN1CCCCCC1)Nc1cccc(Cl)c1Cl. The number of benzene rings is 1. The maximum absolute atomic E-state index is 12.0. The molecule has 20 heavy (non-hydrogen) atoms. The van der Waals surface area contributed by atoms with Crippen molar-refractivity contribution in [2.45, 2.75) is 32.1 Å². The first-order valence-corrected chi connectivity index (χ1v) is 7.88. The Labute approximate surface area is 130 Å². The van der Waals surface area contributed by atoms with Crippen molar-refractivity contribution < 1.29 is 4.79 Å². The number of halogens is 2.